The number of hydrogen-bond donors (Lipinski definition) is 2. The lowest BCUT2D eigenvalue weighted by Gasteiger charge is -2.26. The summed E-state index contributed by atoms with van der Waals surface area (Å²) in [5.74, 6) is 0.273. The summed E-state index contributed by atoms with van der Waals surface area (Å²) in [6.07, 6.45) is 2.90. The van der Waals surface area contributed by atoms with E-state index >= 15 is 0 Å². The summed E-state index contributed by atoms with van der Waals surface area (Å²) in [6.45, 7) is 3.81. The van der Waals surface area contributed by atoms with E-state index in [0.29, 0.717) is 30.2 Å². The van der Waals surface area contributed by atoms with Gasteiger partial charge in [-0.15, -0.1) is 0 Å². The largest absolute Gasteiger partial charge is 0.383 e. The quantitative estimate of drug-likeness (QED) is 0.558. The molecule has 1 aliphatic heterocycles. The van der Waals surface area contributed by atoms with Crippen LogP contribution in [0.3, 0.4) is 0 Å². The van der Waals surface area contributed by atoms with Crippen molar-refractivity contribution in [2.45, 2.75) is 43.7 Å². The van der Waals surface area contributed by atoms with Crippen molar-refractivity contribution in [3.63, 3.8) is 0 Å². The molecule has 7 nitrogen and oxygen atoms in total. The number of nitrogens with two attached hydrogens (primary N) is 1. The smallest absolute Gasteiger partial charge is 0.243 e. The Balaban J connectivity index is 2.15. The lowest BCUT2D eigenvalue weighted by molar-refractivity contribution is 0.179. The molecule has 1 atom stereocenters. The number of nitrogens with zero attached hydrogens (tertiary/aromatic N) is 2. The number of rotatable bonds is 7. The number of hydrogen-bond acceptors (Lipinski definition) is 4. The molecule has 1 saturated heterocycles. The van der Waals surface area contributed by atoms with E-state index < -0.39 is 10.0 Å². The first-order valence-corrected chi connectivity index (χ1v) is 10.0. The van der Waals surface area contributed by atoms with Crippen LogP contribution in [0.25, 0.3) is 0 Å². The third kappa shape index (κ3) is 5.42. The molecule has 1 aromatic rings. The molecule has 8 heteroatoms. The van der Waals surface area contributed by atoms with E-state index in [1.165, 1.54) is 0 Å². The molecule has 1 aliphatic rings. The van der Waals surface area contributed by atoms with Crippen molar-refractivity contribution in [3.05, 3.63) is 29.8 Å². The zero-order valence-corrected chi connectivity index (χ0v) is 15.8. The third-order valence-corrected chi connectivity index (χ3v) is 6.14. The summed E-state index contributed by atoms with van der Waals surface area (Å²) in [5, 5.41) is 3.02. The molecular weight excluding hydrogens is 340 g/mol. The van der Waals surface area contributed by atoms with Crippen LogP contribution in [-0.2, 0) is 21.3 Å². The van der Waals surface area contributed by atoms with Crippen LogP contribution >= 0.6 is 0 Å². The van der Waals surface area contributed by atoms with E-state index in [1.54, 1.807) is 29.6 Å². The number of aliphatic imine (C=N–C) groups is 1. The van der Waals surface area contributed by atoms with Crippen molar-refractivity contribution in [2.24, 2.45) is 10.7 Å². The number of methoxy groups -OCH3 is 1. The van der Waals surface area contributed by atoms with Crippen LogP contribution < -0.4 is 11.1 Å². The predicted molar refractivity (Wildman–Crippen MR) is 98.9 cm³/mol. The highest BCUT2D eigenvalue weighted by atomic mass is 32.2. The fraction of sp³-hybridized carbons (Fsp3) is 0.588. The second kappa shape index (κ2) is 9.17. The lowest BCUT2D eigenvalue weighted by atomic mass is 10.2. The van der Waals surface area contributed by atoms with E-state index in [-0.39, 0.29) is 18.5 Å². The van der Waals surface area contributed by atoms with Crippen molar-refractivity contribution in [1.82, 2.24) is 9.62 Å². The molecule has 0 spiro atoms. The number of benzene rings is 1. The maximum atomic E-state index is 12.9. The van der Waals surface area contributed by atoms with Crippen LogP contribution in [0.1, 0.15) is 31.7 Å². The van der Waals surface area contributed by atoms with Crippen LogP contribution in [0.4, 0.5) is 0 Å². The average molecular weight is 369 g/mol. The molecule has 0 aliphatic carbocycles. The minimum absolute atomic E-state index is 0.0288. The van der Waals surface area contributed by atoms with E-state index in [1.807, 2.05) is 13.0 Å². The zero-order valence-electron chi connectivity index (χ0n) is 14.9. The molecule has 1 unspecified atom stereocenters. The minimum atomic E-state index is -3.49. The molecule has 0 bridgehead atoms. The van der Waals surface area contributed by atoms with Crippen LogP contribution in [0.2, 0.25) is 0 Å². The van der Waals surface area contributed by atoms with Gasteiger partial charge >= 0.3 is 0 Å². The highest BCUT2D eigenvalue weighted by molar-refractivity contribution is 7.89. The van der Waals surface area contributed by atoms with Crippen molar-refractivity contribution in [1.29, 1.82) is 0 Å². The molecular formula is C17H28N4O3S. The Morgan fingerprint density at radius 3 is 2.68 bits per heavy atom. The van der Waals surface area contributed by atoms with Crippen molar-refractivity contribution in [2.75, 3.05) is 26.8 Å². The molecule has 1 heterocycles. The van der Waals surface area contributed by atoms with Gasteiger partial charge in [0.15, 0.2) is 5.96 Å². The van der Waals surface area contributed by atoms with Gasteiger partial charge in [-0.3, -0.25) is 0 Å². The molecule has 1 fully saturated rings. The van der Waals surface area contributed by atoms with Crippen LogP contribution in [0.5, 0.6) is 0 Å². The average Bonchev–Trinajstić information content (AvgIpc) is 2.61. The van der Waals surface area contributed by atoms with Crippen molar-refractivity contribution in [3.8, 4) is 0 Å². The Kier molecular flexibility index (Phi) is 7.22. The van der Waals surface area contributed by atoms with Gasteiger partial charge in [0.05, 0.1) is 18.0 Å². The summed E-state index contributed by atoms with van der Waals surface area (Å²) in [5.41, 5.74) is 6.53. The molecule has 0 saturated carbocycles. The Hall–Kier alpha value is -1.64. The molecule has 0 radical (unpaired) electrons. The molecule has 2 rings (SSSR count). The van der Waals surface area contributed by atoms with Crippen molar-refractivity contribution >= 4 is 16.0 Å². The van der Waals surface area contributed by atoms with Gasteiger partial charge in [0.2, 0.25) is 10.0 Å². The summed E-state index contributed by atoms with van der Waals surface area (Å²) in [6, 6.07) is 7.02. The summed E-state index contributed by atoms with van der Waals surface area (Å²) >= 11 is 0. The molecule has 140 valence electrons. The van der Waals surface area contributed by atoms with Gasteiger partial charge < -0.3 is 15.8 Å². The first kappa shape index (κ1) is 19.7. The molecule has 0 amide bonds. The second-order valence-corrected chi connectivity index (χ2v) is 8.18. The molecule has 3 N–H and O–H groups in total. The number of ether oxygens (including phenoxy) is 1. The van der Waals surface area contributed by atoms with E-state index in [4.69, 9.17) is 10.5 Å². The Morgan fingerprint density at radius 2 is 2.00 bits per heavy atom. The second-order valence-electron chi connectivity index (χ2n) is 6.27. The van der Waals surface area contributed by atoms with Gasteiger partial charge in [0, 0.05) is 26.2 Å². The van der Waals surface area contributed by atoms with Crippen LogP contribution in [-0.4, -0.2) is 51.5 Å². The van der Waals surface area contributed by atoms with Crippen LogP contribution in [0, 0.1) is 0 Å². The number of sulfonamides is 1. The normalized spacial score (nSPS) is 18.1. The SMILES string of the molecule is COCC(C)NC(N)=NCc1ccccc1S(=O)(=O)N1CCCCC1. The number of nitrogens with one attached hydrogen (secondary N) is 1. The molecule has 25 heavy (non-hydrogen) atoms. The molecule has 0 aromatic heterocycles. The number of guanidine groups is 1. The predicted octanol–water partition coefficient (Wildman–Crippen LogP) is 1.30. The van der Waals surface area contributed by atoms with Gasteiger partial charge in [-0.2, -0.15) is 4.31 Å². The fourth-order valence-corrected chi connectivity index (χ4v) is 4.62. The highest BCUT2D eigenvalue weighted by Crippen LogP contribution is 2.24. The maximum Gasteiger partial charge on any atom is 0.243 e. The standard InChI is InChI=1S/C17H28N4O3S/c1-14(13-24-2)20-17(18)19-12-15-8-4-5-9-16(15)25(22,23)21-10-6-3-7-11-21/h4-5,8-9,14H,3,6-7,10-13H2,1-2H3,(H3,18,19,20). The Morgan fingerprint density at radius 1 is 1.32 bits per heavy atom. The van der Waals surface area contributed by atoms with Gasteiger partial charge in [-0.25, -0.2) is 13.4 Å². The maximum absolute atomic E-state index is 12.9. The topological polar surface area (TPSA) is 97.0 Å². The Labute approximate surface area is 150 Å². The van der Waals surface area contributed by atoms with E-state index in [0.717, 1.165) is 19.3 Å². The minimum Gasteiger partial charge on any atom is -0.383 e. The van der Waals surface area contributed by atoms with E-state index in [2.05, 4.69) is 10.3 Å². The third-order valence-electron chi connectivity index (χ3n) is 4.14. The van der Waals surface area contributed by atoms with E-state index in [9.17, 15) is 8.42 Å². The first-order valence-electron chi connectivity index (χ1n) is 8.58. The van der Waals surface area contributed by atoms with Crippen LogP contribution in [0.15, 0.2) is 34.2 Å². The zero-order chi connectivity index (χ0) is 18.3. The van der Waals surface area contributed by atoms with Crippen molar-refractivity contribution < 1.29 is 13.2 Å². The number of piperidine rings is 1. The van der Waals surface area contributed by atoms with Gasteiger partial charge in [-0.1, -0.05) is 24.6 Å². The highest BCUT2D eigenvalue weighted by Gasteiger charge is 2.27. The lowest BCUT2D eigenvalue weighted by Crippen LogP contribution is -2.40. The molecule has 1 aromatic carbocycles. The summed E-state index contributed by atoms with van der Waals surface area (Å²) in [7, 11) is -1.87. The van der Waals surface area contributed by atoms with Gasteiger partial charge in [-0.05, 0) is 31.4 Å². The Bertz CT molecular complexity index is 685. The van der Waals surface area contributed by atoms with Gasteiger partial charge in [0.1, 0.15) is 0 Å². The summed E-state index contributed by atoms with van der Waals surface area (Å²) < 4.78 is 32.5. The fourth-order valence-electron chi connectivity index (χ4n) is 2.89. The van der Waals surface area contributed by atoms with Gasteiger partial charge in [0.25, 0.3) is 0 Å². The monoisotopic (exact) mass is 368 g/mol. The first-order chi connectivity index (χ1) is 11.9. The summed E-state index contributed by atoms with van der Waals surface area (Å²) in [4.78, 5) is 4.60.